The molecule has 2 amide bonds. The topological polar surface area (TPSA) is 125 Å². The van der Waals surface area contributed by atoms with Crippen LogP contribution < -0.4 is 11.1 Å². The Kier molecular flexibility index (Phi) is 6.63. The van der Waals surface area contributed by atoms with Gasteiger partial charge in [0.15, 0.2) is 0 Å². The number of unbranched alkanes of at least 4 members (excludes halogenated alkanes) is 1. The van der Waals surface area contributed by atoms with Crippen molar-refractivity contribution in [2.45, 2.75) is 44.2 Å². The number of hydrogen-bond donors (Lipinski definition) is 2. The SMILES string of the molecule is N#C[C@@H]1CCCN1C(=O)C(N)CCCCNC(=O)c1cnccn1. The summed E-state index contributed by atoms with van der Waals surface area (Å²) in [7, 11) is 0. The highest BCUT2D eigenvalue weighted by molar-refractivity contribution is 5.91. The first-order chi connectivity index (χ1) is 11.6. The van der Waals surface area contributed by atoms with Crippen LogP contribution in [0.1, 0.15) is 42.6 Å². The number of aromatic nitrogens is 2. The number of carbonyl (C=O) groups excluding carboxylic acids is 2. The molecule has 0 aromatic carbocycles. The van der Waals surface area contributed by atoms with Gasteiger partial charge in [0.25, 0.3) is 5.91 Å². The zero-order chi connectivity index (χ0) is 17.4. The molecule has 0 spiro atoms. The molecule has 1 aromatic rings. The van der Waals surface area contributed by atoms with Crippen molar-refractivity contribution in [3.8, 4) is 6.07 Å². The first kappa shape index (κ1) is 17.8. The van der Waals surface area contributed by atoms with E-state index in [0.717, 1.165) is 19.3 Å². The number of amides is 2. The Balaban J connectivity index is 1.64. The molecule has 0 radical (unpaired) electrons. The average Bonchev–Trinajstić information content (AvgIpc) is 3.09. The van der Waals surface area contributed by atoms with E-state index >= 15 is 0 Å². The Morgan fingerprint density at radius 1 is 1.46 bits per heavy atom. The number of rotatable bonds is 7. The van der Waals surface area contributed by atoms with Gasteiger partial charge in [0.05, 0.1) is 18.3 Å². The number of nitriles is 1. The largest absolute Gasteiger partial charge is 0.351 e. The summed E-state index contributed by atoms with van der Waals surface area (Å²) in [6.07, 6.45) is 7.93. The van der Waals surface area contributed by atoms with E-state index in [0.29, 0.717) is 25.9 Å². The Hall–Kier alpha value is -2.53. The molecule has 128 valence electrons. The quantitative estimate of drug-likeness (QED) is 0.689. The van der Waals surface area contributed by atoms with Crippen molar-refractivity contribution in [1.82, 2.24) is 20.2 Å². The molecule has 2 heterocycles. The van der Waals surface area contributed by atoms with Gasteiger partial charge in [0, 0.05) is 25.5 Å². The summed E-state index contributed by atoms with van der Waals surface area (Å²) < 4.78 is 0. The lowest BCUT2D eigenvalue weighted by Gasteiger charge is -2.23. The van der Waals surface area contributed by atoms with Crippen LogP contribution in [0, 0.1) is 11.3 Å². The van der Waals surface area contributed by atoms with Crippen molar-refractivity contribution in [3.05, 3.63) is 24.3 Å². The summed E-state index contributed by atoms with van der Waals surface area (Å²) in [5.74, 6) is -0.417. The predicted octanol–water partition coefficient (Wildman–Crippen LogP) is 0.219. The van der Waals surface area contributed by atoms with Crippen LogP contribution in [0.25, 0.3) is 0 Å². The highest BCUT2D eigenvalue weighted by atomic mass is 16.2. The molecule has 1 unspecified atom stereocenters. The van der Waals surface area contributed by atoms with Gasteiger partial charge in [-0.15, -0.1) is 0 Å². The van der Waals surface area contributed by atoms with Crippen LogP contribution in [0.4, 0.5) is 0 Å². The molecule has 24 heavy (non-hydrogen) atoms. The maximum absolute atomic E-state index is 12.2. The second kappa shape index (κ2) is 8.93. The molecule has 0 bridgehead atoms. The fourth-order valence-corrected chi connectivity index (χ4v) is 2.70. The Morgan fingerprint density at radius 3 is 3.00 bits per heavy atom. The molecule has 8 heteroatoms. The van der Waals surface area contributed by atoms with Crippen molar-refractivity contribution in [1.29, 1.82) is 5.26 Å². The van der Waals surface area contributed by atoms with Gasteiger partial charge in [-0.1, -0.05) is 0 Å². The first-order valence-corrected chi connectivity index (χ1v) is 8.13. The molecule has 1 aliphatic rings. The van der Waals surface area contributed by atoms with Crippen LogP contribution in [-0.2, 0) is 4.79 Å². The number of likely N-dealkylation sites (tertiary alicyclic amines) is 1. The third-order valence-electron chi connectivity index (χ3n) is 4.03. The lowest BCUT2D eigenvalue weighted by atomic mass is 10.1. The van der Waals surface area contributed by atoms with Crippen molar-refractivity contribution in [3.63, 3.8) is 0 Å². The van der Waals surface area contributed by atoms with Crippen LogP contribution in [0.2, 0.25) is 0 Å². The Bertz CT molecular complexity index is 600. The summed E-state index contributed by atoms with van der Waals surface area (Å²) in [4.78, 5) is 33.3. The van der Waals surface area contributed by atoms with E-state index in [-0.39, 0.29) is 23.6 Å². The molecule has 3 N–H and O–H groups in total. The second-order valence-corrected chi connectivity index (χ2v) is 5.77. The molecule has 8 nitrogen and oxygen atoms in total. The van der Waals surface area contributed by atoms with Crippen molar-refractivity contribution < 1.29 is 9.59 Å². The molecule has 0 saturated carbocycles. The molecule has 1 aromatic heterocycles. The minimum absolute atomic E-state index is 0.150. The highest BCUT2D eigenvalue weighted by Crippen LogP contribution is 2.18. The monoisotopic (exact) mass is 330 g/mol. The lowest BCUT2D eigenvalue weighted by Crippen LogP contribution is -2.45. The van der Waals surface area contributed by atoms with Gasteiger partial charge in [-0.25, -0.2) is 4.98 Å². The van der Waals surface area contributed by atoms with Crippen LogP contribution in [-0.4, -0.2) is 51.9 Å². The fourth-order valence-electron chi connectivity index (χ4n) is 2.70. The lowest BCUT2D eigenvalue weighted by molar-refractivity contribution is -0.132. The van der Waals surface area contributed by atoms with Gasteiger partial charge in [-0.05, 0) is 32.1 Å². The van der Waals surface area contributed by atoms with E-state index in [1.165, 1.54) is 18.6 Å². The Labute approximate surface area is 141 Å². The molecule has 2 rings (SSSR count). The van der Waals surface area contributed by atoms with Gasteiger partial charge >= 0.3 is 0 Å². The smallest absolute Gasteiger partial charge is 0.271 e. The summed E-state index contributed by atoms with van der Waals surface area (Å²) >= 11 is 0. The van der Waals surface area contributed by atoms with Gasteiger partial charge in [0.1, 0.15) is 11.7 Å². The summed E-state index contributed by atoms with van der Waals surface area (Å²) in [6.45, 7) is 1.10. The molecule has 2 atom stereocenters. The van der Waals surface area contributed by atoms with Crippen molar-refractivity contribution >= 4 is 11.8 Å². The van der Waals surface area contributed by atoms with Gasteiger partial charge in [-0.3, -0.25) is 14.6 Å². The average molecular weight is 330 g/mol. The predicted molar refractivity (Wildman–Crippen MR) is 86.5 cm³/mol. The maximum atomic E-state index is 12.2. The van der Waals surface area contributed by atoms with Crippen LogP contribution in [0.3, 0.4) is 0 Å². The number of hydrogen-bond acceptors (Lipinski definition) is 6. The van der Waals surface area contributed by atoms with Crippen molar-refractivity contribution in [2.24, 2.45) is 5.73 Å². The van der Waals surface area contributed by atoms with E-state index in [2.05, 4.69) is 21.4 Å². The molecule has 0 aliphatic carbocycles. The number of nitrogens with one attached hydrogen (secondary N) is 1. The van der Waals surface area contributed by atoms with E-state index in [1.807, 2.05) is 0 Å². The minimum atomic E-state index is -0.588. The fraction of sp³-hybridized carbons (Fsp3) is 0.562. The van der Waals surface area contributed by atoms with Gasteiger partial charge in [-0.2, -0.15) is 5.26 Å². The van der Waals surface area contributed by atoms with E-state index in [1.54, 1.807) is 4.90 Å². The van der Waals surface area contributed by atoms with E-state index < -0.39 is 6.04 Å². The summed E-state index contributed by atoms with van der Waals surface area (Å²) in [5, 5.41) is 11.8. The third-order valence-corrected chi connectivity index (χ3v) is 4.03. The van der Waals surface area contributed by atoms with Crippen molar-refractivity contribution in [2.75, 3.05) is 13.1 Å². The number of carbonyl (C=O) groups is 2. The van der Waals surface area contributed by atoms with Gasteiger partial charge < -0.3 is 16.0 Å². The number of nitrogens with two attached hydrogens (primary N) is 1. The van der Waals surface area contributed by atoms with Gasteiger partial charge in [0.2, 0.25) is 5.91 Å². The second-order valence-electron chi connectivity index (χ2n) is 5.77. The maximum Gasteiger partial charge on any atom is 0.271 e. The molecule has 1 saturated heterocycles. The summed E-state index contributed by atoms with van der Waals surface area (Å²) in [5.41, 5.74) is 6.22. The highest BCUT2D eigenvalue weighted by Gasteiger charge is 2.31. The third kappa shape index (κ3) is 4.73. The zero-order valence-electron chi connectivity index (χ0n) is 13.5. The van der Waals surface area contributed by atoms with Crippen LogP contribution in [0.15, 0.2) is 18.6 Å². The van der Waals surface area contributed by atoms with Crippen LogP contribution >= 0.6 is 0 Å². The van der Waals surface area contributed by atoms with Crippen LogP contribution in [0.5, 0.6) is 0 Å². The number of nitrogens with zero attached hydrogens (tertiary/aromatic N) is 4. The molecular weight excluding hydrogens is 308 g/mol. The molecular formula is C16H22N6O2. The first-order valence-electron chi connectivity index (χ1n) is 8.13. The standard InChI is InChI=1S/C16H22N6O2/c17-10-12-4-3-9-22(12)16(24)13(18)5-1-2-6-21-15(23)14-11-19-7-8-20-14/h7-8,11-13H,1-6,9,18H2,(H,21,23)/t12-,13?/m0/s1. The summed E-state index contributed by atoms with van der Waals surface area (Å²) in [6, 6.07) is 1.22. The molecule has 1 fully saturated rings. The van der Waals surface area contributed by atoms with E-state index in [9.17, 15) is 9.59 Å². The minimum Gasteiger partial charge on any atom is -0.351 e. The normalized spacial score (nSPS) is 18.0. The van der Waals surface area contributed by atoms with E-state index in [4.69, 9.17) is 11.0 Å². The zero-order valence-corrected chi connectivity index (χ0v) is 13.5. The molecule has 1 aliphatic heterocycles. The Morgan fingerprint density at radius 2 is 2.29 bits per heavy atom.